The minimum Gasteiger partial charge on any atom is -0.392 e. The summed E-state index contributed by atoms with van der Waals surface area (Å²) in [6.07, 6.45) is -0.388. The summed E-state index contributed by atoms with van der Waals surface area (Å²) in [6.45, 7) is 0. The fourth-order valence-corrected chi connectivity index (χ4v) is 2.62. The van der Waals surface area contributed by atoms with Crippen molar-refractivity contribution in [2.24, 2.45) is 0 Å². The summed E-state index contributed by atoms with van der Waals surface area (Å²) in [5.41, 5.74) is 0.471. The van der Waals surface area contributed by atoms with Gasteiger partial charge in [0.05, 0.1) is 6.10 Å². The molecule has 1 unspecified atom stereocenters. The molecule has 0 fully saturated rings. The zero-order valence-electron chi connectivity index (χ0n) is 10.2. The monoisotopic (exact) mass is 280 g/mol. The molecule has 1 N–H and O–H groups in total. The van der Waals surface area contributed by atoms with Crippen LogP contribution in [-0.4, -0.2) is 17.0 Å². The van der Waals surface area contributed by atoms with Gasteiger partial charge in [-0.3, -0.25) is 0 Å². The molecule has 2 rings (SSSR count). The van der Waals surface area contributed by atoms with E-state index in [2.05, 4.69) is 0 Å². The summed E-state index contributed by atoms with van der Waals surface area (Å²) in [5, 5.41) is 9.88. The van der Waals surface area contributed by atoms with E-state index in [9.17, 15) is 13.9 Å². The van der Waals surface area contributed by atoms with Crippen molar-refractivity contribution in [1.29, 1.82) is 0 Å². The Morgan fingerprint density at radius 2 is 1.63 bits per heavy atom. The maximum atomic E-state index is 13.0. The third-order valence-electron chi connectivity index (χ3n) is 2.58. The van der Waals surface area contributed by atoms with Crippen molar-refractivity contribution in [3.8, 4) is 0 Å². The number of benzene rings is 2. The van der Waals surface area contributed by atoms with Crippen molar-refractivity contribution in [3.63, 3.8) is 0 Å². The number of rotatable bonds is 5. The Labute approximate surface area is 115 Å². The van der Waals surface area contributed by atoms with E-state index in [0.29, 0.717) is 11.3 Å². The second-order valence-electron chi connectivity index (χ2n) is 4.26. The van der Waals surface area contributed by atoms with Gasteiger partial charge in [0.25, 0.3) is 0 Å². The van der Waals surface area contributed by atoms with Crippen molar-refractivity contribution in [2.75, 3.05) is 5.75 Å². The molecule has 0 radical (unpaired) electrons. The molecule has 0 spiro atoms. The number of halogens is 2. The van der Waals surface area contributed by atoms with Crippen LogP contribution in [0.25, 0.3) is 0 Å². The van der Waals surface area contributed by atoms with Gasteiger partial charge in [-0.25, -0.2) is 8.78 Å². The first-order valence-corrected chi connectivity index (χ1v) is 6.93. The second-order valence-corrected chi connectivity index (χ2v) is 5.35. The molecule has 1 atom stereocenters. The Balaban J connectivity index is 1.89. The molecular formula is C15H14F2OS. The highest BCUT2D eigenvalue weighted by atomic mass is 32.2. The molecule has 0 saturated carbocycles. The predicted octanol–water partition coefficient (Wildman–Crippen LogP) is 3.66. The molecule has 2 aromatic rings. The molecule has 0 amide bonds. The summed E-state index contributed by atoms with van der Waals surface area (Å²) in [7, 11) is 0. The highest BCUT2D eigenvalue weighted by Crippen LogP contribution is 2.19. The Morgan fingerprint density at radius 3 is 2.26 bits per heavy atom. The van der Waals surface area contributed by atoms with Gasteiger partial charge in [0.2, 0.25) is 0 Å². The van der Waals surface area contributed by atoms with E-state index in [1.54, 1.807) is 0 Å². The molecule has 0 saturated heterocycles. The van der Waals surface area contributed by atoms with Gasteiger partial charge in [-0.2, -0.15) is 0 Å². The lowest BCUT2D eigenvalue weighted by Gasteiger charge is -2.10. The van der Waals surface area contributed by atoms with Gasteiger partial charge in [0.15, 0.2) is 0 Å². The van der Waals surface area contributed by atoms with Gasteiger partial charge in [0.1, 0.15) is 11.6 Å². The number of aliphatic hydroxyl groups is 1. The summed E-state index contributed by atoms with van der Waals surface area (Å²) in [5.74, 6) is -0.738. The molecular weight excluding hydrogens is 266 g/mol. The van der Waals surface area contributed by atoms with Crippen LogP contribution in [0.15, 0.2) is 53.4 Å². The molecule has 1 nitrogen and oxygen atoms in total. The van der Waals surface area contributed by atoms with Crippen molar-refractivity contribution in [1.82, 2.24) is 0 Å². The molecule has 0 aliphatic carbocycles. The van der Waals surface area contributed by atoms with Gasteiger partial charge in [0, 0.05) is 16.7 Å². The van der Waals surface area contributed by atoms with E-state index in [0.717, 1.165) is 11.0 Å². The summed E-state index contributed by atoms with van der Waals surface area (Å²) < 4.78 is 26.0. The highest BCUT2D eigenvalue weighted by molar-refractivity contribution is 7.99. The molecule has 0 bridgehead atoms. The largest absolute Gasteiger partial charge is 0.392 e. The van der Waals surface area contributed by atoms with E-state index >= 15 is 0 Å². The lowest BCUT2D eigenvalue weighted by molar-refractivity contribution is 0.200. The fourth-order valence-electron chi connectivity index (χ4n) is 1.77. The number of hydrogen-bond donors (Lipinski definition) is 1. The standard InChI is InChI=1S/C15H14F2OS/c16-12-6-11(7-13(17)9-12)8-14(18)10-19-15-4-2-1-3-5-15/h1-7,9,14,18H,8,10H2. The van der Waals surface area contributed by atoms with Crippen LogP contribution in [0.1, 0.15) is 5.56 Å². The van der Waals surface area contributed by atoms with E-state index in [1.165, 1.54) is 23.9 Å². The van der Waals surface area contributed by atoms with Gasteiger partial charge < -0.3 is 5.11 Å². The van der Waals surface area contributed by atoms with Crippen LogP contribution in [0.4, 0.5) is 8.78 Å². The normalized spacial score (nSPS) is 12.4. The SMILES string of the molecule is OC(CSc1ccccc1)Cc1cc(F)cc(F)c1. The molecule has 0 aromatic heterocycles. The summed E-state index contributed by atoms with van der Waals surface area (Å²) >= 11 is 1.52. The average Bonchev–Trinajstić information content (AvgIpc) is 2.36. The van der Waals surface area contributed by atoms with Gasteiger partial charge in [-0.05, 0) is 36.2 Å². The minimum absolute atomic E-state index is 0.245. The van der Waals surface area contributed by atoms with Crippen LogP contribution < -0.4 is 0 Å². The third-order valence-corrected chi connectivity index (χ3v) is 3.74. The second kappa shape index (κ2) is 6.68. The minimum atomic E-state index is -0.633. The summed E-state index contributed by atoms with van der Waals surface area (Å²) in [6, 6.07) is 13.0. The Morgan fingerprint density at radius 1 is 1.00 bits per heavy atom. The number of hydrogen-bond acceptors (Lipinski definition) is 2. The topological polar surface area (TPSA) is 20.2 Å². The maximum Gasteiger partial charge on any atom is 0.126 e. The van der Waals surface area contributed by atoms with E-state index in [-0.39, 0.29) is 6.42 Å². The highest BCUT2D eigenvalue weighted by Gasteiger charge is 2.08. The van der Waals surface area contributed by atoms with E-state index in [1.807, 2.05) is 30.3 Å². The van der Waals surface area contributed by atoms with Crippen LogP contribution in [-0.2, 0) is 6.42 Å². The zero-order chi connectivity index (χ0) is 13.7. The molecule has 0 aliphatic rings. The Bertz CT molecular complexity index is 511. The quantitative estimate of drug-likeness (QED) is 0.843. The molecule has 0 heterocycles. The first-order chi connectivity index (χ1) is 9.13. The van der Waals surface area contributed by atoms with Crippen LogP contribution in [0.3, 0.4) is 0 Å². The van der Waals surface area contributed by atoms with Crippen molar-refractivity contribution in [2.45, 2.75) is 17.4 Å². The van der Waals surface area contributed by atoms with Crippen molar-refractivity contribution in [3.05, 3.63) is 65.7 Å². The first kappa shape index (κ1) is 14.0. The molecule has 0 aliphatic heterocycles. The smallest absolute Gasteiger partial charge is 0.126 e. The Kier molecular flexibility index (Phi) is 4.93. The molecule has 19 heavy (non-hydrogen) atoms. The van der Waals surface area contributed by atoms with Crippen LogP contribution >= 0.6 is 11.8 Å². The number of aliphatic hydroxyl groups excluding tert-OH is 1. The van der Waals surface area contributed by atoms with E-state index < -0.39 is 17.7 Å². The van der Waals surface area contributed by atoms with Gasteiger partial charge in [-0.15, -0.1) is 11.8 Å². The predicted molar refractivity (Wildman–Crippen MR) is 73.2 cm³/mol. The summed E-state index contributed by atoms with van der Waals surface area (Å²) in [4.78, 5) is 1.06. The maximum absolute atomic E-state index is 13.0. The third kappa shape index (κ3) is 4.65. The van der Waals surface area contributed by atoms with Crippen LogP contribution in [0, 0.1) is 11.6 Å². The van der Waals surface area contributed by atoms with Crippen molar-refractivity contribution >= 4 is 11.8 Å². The van der Waals surface area contributed by atoms with E-state index in [4.69, 9.17) is 0 Å². The average molecular weight is 280 g/mol. The lowest BCUT2D eigenvalue weighted by atomic mass is 10.1. The number of thioether (sulfide) groups is 1. The lowest BCUT2D eigenvalue weighted by Crippen LogP contribution is -2.13. The van der Waals surface area contributed by atoms with Gasteiger partial charge in [-0.1, -0.05) is 18.2 Å². The fraction of sp³-hybridized carbons (Fsp3) is 0.200. The molecule has 100 valence electrons. The molecule has 4 heteroatoms. The van der Waals surface area contributed by atoms with Crippen LogP contribution in [0.2, 0.25) is 0 Å². The zero-order valence-corrected chi connectivity index (χ0v) is 11.0. The van der Waals surface area contributed by atoms with Gasteiger partial charge >= 0.3 is 0 Å². The Hall–Kier alpha value is -1.39. The first-order valence-electron chi connectivity index (χ1n) is 5.94. The van der Waals surface area contributed by atoms with Crippen molar-refractivity contribution < 1.29 is 13.9 Å². The van der Waals surface area contributed by atoms with Crippen LogP contribution in [0.5, 0.6) is 0 Å². The molecule has 2 aromatic carbocycles.